The molecule has 4 rings (SSSR count). The normalized spacial score (nSPS) is 17.1. The summed E-state index contributed by atoms with van der Waals surface area (Å²) >= 11 is 0. The quantitative estimate of drug-likeness (QED) is 0.506. The topological polar surface area (TPSA) is 128 Å². The second-order valence-corrected chi connectivity index (χ2v) is 6.52. The molecule has 2 heterocycles. The lowest BCUT2D eigenvalue weighted by Gasteiger charge is -2.34. The number of phenols is 1. The van der Waals surface area contributed by atoms with Crippen molar-refractivity contribution in [2.75, 3.05) is 7.11 Å². The minimum atomic E-state index is -0.807. The van der Waals surface area contributed by atoms with Gasteiger partial charge >= 0.3 is 0 Å². The number of ether oxygens (including phenoxy) is 1. The number of phenolic OH excluding ortho intramolecular Hbond substituents is 1. The van der Waals surface area contributed by atoms with Gasteiger partial charge in [-0.15, -0.1) is 0 Å². The molecule has 3 N–H and O–H groups in total. The van der Waals surface area contributed by atoms with Crippen LogP contribution in [-0.2, 0) is 9.59 Å². The molecule has 0 radical (unpaired) electrons. The van der Waals surface area contributed by atoms with Crippen LogP contribution in [0.2, 0.25) is 0 Å². The monoisotopic (exact) mass is 406 g/mol. The van der Waals surface area contributed by atoms with E-state index >= 15 is 0 Å². The Morgan fingerprint density at radius 2 is 2.20 bits per heavy atom. The van der Waals surface area contributed by atoms with Crippen LogP contribution >= 0.6 is 0 Å². The first-order chi connectivity index (χ1) is 14.6. The molecule has 0 aliphatic carbocycles. The molecule has 2 aromatic carbocycles. The number of hydrazone groups is 2. The molecule has 2 aromatic rings. The largest absolute Gasteiger partial charge is 0.504 e. The summed E-state index contributed by atoms with van der Waals surface area (Å²) in [5.74, 6) is -0.0415. The minimum Gasteiger partial charge on any atom is -0.504 e. The number of aliphatic imine (C=N–C) groups is 1. The molecule has 10 nitrogen and oxygen atoms in total. The summed E-state index contributed by atoms with van der Waals surface area (Å²) in [6.45, 7) is 0. The third kappa shape index (κ3) is 3.70. The van der Waals surface area contributed by atoms with Crippen LogP contribution in [0.4, 0.5) is 5.69 Å². The fraction of sp³-hybridized carbons (Fsp3) is 0.150. The Morgan fingerprint density at radius 3 is 3.03 bits per heavy atom. The summed E-state index contributed by atoms with van der Waals surface area (Å²) in [5, 5.41) is 17.6. The average molecular weight is 406 g/mol. The molecule has 0 fully saturated rings. The number of amidine groups is 1. The van der Waals surface area contributed by atoms with Crippen LogP contribution in [0.15, 0.2) is 57.7 Å². The van der Waals surface area contributed by atoms with Crippen molar-refractivity contribution in [3.63, 3.8) is 0 Å². The molecule has 1 unspecified atom stereocenters. The maximum absolute atomic E-state index is 12.4. The number of carbonyl (C=O) groups excluding carboxylic acids is 2. The number of fused-ring (bicyclic) bond motifs is 3. The van der Waals surface area contributed by atoms with E-state index in [-0.39, 0.29) is 12.2 Å². The molecule has 1 atom stereocenters. The van der Waals surface area contributed by atoms with E-state index in [1.165, 1.54) is 25.7 Å². The van der Waals surface area contributed by atoms with Crippen LogP contribution < -0.4 is 15.6 Å². The van der Waals surface area contributed by atoms with Gasteiger partial charge in [0.2, 0.25) is 5.91 Å². The summed E-state index contributed by atoms with van der Waals surface area (Å²) in [6.07, 6.45) is 2.77. The van der Waals surface area contributed by atoms with Gasteiger partial charge in [-0.05, 0) is 35.9 Å². The second kappa shape index (κ2) is 8.03. The van der Waals surface area contributed by atoms with E-state index < -0.39 is 17.9 Å². The minimum absolute atomic E-state index is 0.00392. The molecule has 0 spiro atoms. The van der Waals surface area contributed by atoms with Crippen molar-refractivity contribution in [2.45, 2.75) is 12.5 Å². The third-order valence-corrected chi connectivity index (χ3v) is 4.61. The highest BCUT2D eigenvalue weighted by molar-refractivity contribution is 6.14. The summed E-state index contributed by atoms with van der Waals surface area (Å²) in [5.41, 5.74) is 6.99. The third-order valence-electron chi connectivity index (χ3n) is 4.61. The van der Waals surface area contributed by atoms with Crippen LogP contribution in [0.1, 0.15) is 17.5 Å². The van der Waals surface area contributed by atoms with Crippen molar-refractivity contribution >= 4 is 35.9 Å². The number of rotatable bonds is 5. The van der Waals surface area contributed by atoms with Gasteiger partial charge in [-0.1, -0.05) is 12.1 Å². The number of carbonyl (C=O) groups is 2. The van der Waals surface area contributed by atoms with Crippen LogP contribution in [-0.4, -0.2) is 53.4 Å². The molecule has 30 heavy (non-hydrogen) atoms. The molecule has 152 valence electrons. The fourth-order valence-electron chi connectivity index (χ4n) is 3.11. The highest BCUT2D eigenvalue weighted by atomic mass is 16.5. The van der Waals surface area contributed by atoms with Crippen LogP contribution in [0.5, 0.6) is 11.5 Å². The fourth-order valence-corrected chi connectivity index (χ4v) is 3.11. The number of para-hydroxylation sites is 1. The Labute approximate surface area is 171 Å². The number of methoxy groups -OCH3 is 1. The van der Waals surface area contributed by atoms with Gasteiger partial charge in [0, 0.05) is 5.56 Å². The molecule has 2 amide bonds. The van der Waals surface area contributed by atoms with Crippen LogP contribution in [0, 0.1) is 0 Å². The Balaban J connectivity index is 1.43. The van der Waals surface area contributed by atoms with Crippen molar-refractivity contribution in [2.24, 2.45) is 15.2 Å². The summed E-state index contributed by atoms with van der Waals surface area (Å²) in [7, 11) is 1.44. The first-order valence-electron chi connectivity index (χ1n) is 9.05. The Hall–Kier alpha value is -4.21. The van der Waals surface area contributed by atoms with Gasteiger partial charge in [0.25, 0.3) is 5.91 Å². The number of nitrogens with one attached hydrogen (secondary N) is 2. The maximum Gasteiger partial charge on any atom is 0.263 e. The van der Waals surface area contributed by atoms with Gasteiger partial charge < -0.3 is 14.7 Å². The van der Waals surface area contributed by atoms with E-state index in [0.717, 1.165) is 11.3 Å². The zero-order valence-corrected chi connectivity index (χ0v) is 15.9. The summed E-state index contributed by atoms with van der Waals surface area (Å²) in [4.78, 5) is 30.6. The summed E-state index contributed by atoms with van der Waals surface area (Å²) in [6, 6.07) is 11.3. The molecule has 0 saturated carbocycles. The highest BCUT2D eigenvalue weighted by Gasteiger charge is 2.36. The number of hydrogen-bond acceptors (Lipinski definition) is 8. The van der Waals surface area contributed by atoms with Crippen LogP contribution in [0.3, 0.4) is 0 Å². The van der Waals surface area contributed by atoms with E-state index in [1.54, 1.807) is 17.0 Å². The predicted molar refractivity (Wildman–Crippen MR) is 110 cm³/mol. The van der Waals surface area contributed by atoms with Crippen LogP contribution in [0.25, 0.3) is 0 Å². The second-order valence-electron chi connectivity index (χ2n) is 6.52. The Bertz CT molecular complexity index is 1090. The molecule has 0 saturated heterocycles. The van der Waals surface area contributed by atoms with Crippen molar-refractivity contribution in [1.82, 2.24) is 15.8 Å². The zero-order chi connectivity index (χ0) is 21.1. The Kier molecular flexibility index (Phi) is 5.12. The lowest BCUT2D eigenvalue weighted by molar-refractivity contribution is -0.130. The highest BCUT2D eigenvalue weighted by Crippen LogP contribution is 2.27. The van der Waals surface area contributed by atoms with Crippen molar-refractivity contribution in [3.05, 3.63) is 53.6 Å². The van der Waals surface area contributed by atoms with Gasteiger partial charge in [0.05, 0.1) is 31.8 Å². The van der Waals surface area contributed by atoms with Gasteiger partial charge in [-0.3, -0.25) is 9.59 Å². The first kappa shape index (κ1) is 19.1. The number of amides is 2. The smallest absolute Gasteiger partial charge is 0.263 e. The zero-order valence-electron chi connectivity index (χ0n) is 15.9. The van der Waals surface area contributed by atoms with E-state index in [0.29, 0.717) is 17.1 Å². The Morgan fingerprint density at radius 1 is 1.37 bits per heavy atom. The van der Waals surface area contributed by atoms with Gasteiger partial charge in [0.15, 0.2) is 17.3 Å². The number of nitrogens with zero attached hydrogens (tertiary/aromatic N) is 4. The molecule has 10 heteroatoms. The molecule has 0 aromatic heterocycles. The van der Waals surface area contributed by atoms with Gasteiger partial charge in [-0.25, -0.2) is 15.8 Å². The summed E-state index contributed by atoms with van der Waals surface area (Å²) < 4.78 is 5.03. The van der Waals surface area contributed by atoms with Crippen molar-refractivity contribution < 1.29 is 19.4 Å². The molecule has 0 bridgehead atoms. The van der Waals surface area contributed by atoms with E-state index in [9.17, 15) is 14.7 Å². The number of aromatic hydroxyl groups is 1. The van der Waals surface area contributed by atoms with Crippen molar-refractivity contribution in [1.29, 1.82) is 0 Å². The number of hydrogen-bond donors (Lipinski definition) is 3. The lowest BCUT2D eigenvalue weighted by atomic mass is 10.1. The standard InChI is InChI=1S/C20H18N6O4/c1-30-17-8-12(6-7-16(17)27)10-22-23-18(28)9-15-20(29)25-24-19-13-4-2-3-5-14(13)21-11-26(15)19/h2-8,10-11,15,27H,9H2,1H3,(H,23,28)(H,25,29). The van der Waals surface area contributed by atoms with Gasteiger partial charge in [0.1, 0.15) is 6.04 Å². The first-order valence-corrected chi connectivity index (χ1v) is 9.05. The SMILES string of the molecule is COc1cc(C=NNC(=O)CC2C(=O)NN=C3c4ccccc4N=CN32)ccc1O. The molecular formula is C20H18N6O4. The van der Waals surface area contributed by atoms with E-state index in [4.69, 9.17) is 4.74 Å². The average Bonchev–Trinajstić information content (AvgIpc) is 2.76. The molecule has 2 aliphatic rings. The van der Waals surface area contributed by atoms with E-state index in [2.05, 4.69) is 26.0 Å². The molecule has 2 aliphatic heterocycles. The van der Waals surface area contributed by atoms with Gasteiger partial charge in [-0.2, -0.15) is 10.2 Å². The van der Waals surface area contributed by atoms with Crippen molar-refractivity contribution in [3.8, 4) is 11.5 Å². The lowest BCUT2D eigenvalue weighted by Crippen LogP contribution is -2.55. The number of benzene rings is 2. The maximum atomic E-state index is 12.4. The van der Waals surface area contributed by atoms with E-state index in [1.807, 2.05) is 24.3 Å². The molecular weight excluding hydrogens is 388 g/mol. The predicted octanol–water partition coefficient (Wildman–Crippen LogP) is 1.08.